The summed E-state index contributed by atoms with van der Waals surface area (Å²) in [6, 6.07) is 7.66. The van der Waals surface area contributed by atoms with Crippen molar-refractivity contribution < 1.29 is 9.84 Å². The molecule has 108 valence electrons. The lowest BCUT2D eigenvalue weighted by Gasteiger charge is -2.14. The van der Waals surface area contributed by atoms with E-state index in [1.807, 2.05) is 55.9 Å². The van der Waals surface area contributed by atoms with Gasteiger partial charge in [-0.1, -0.05) is 12.1 Å². The average molecular weight is 274 g/mol. The van der Waals surface area contributed by atoms with Crippen molar-refractivity contribution >= 4 is 0 Å². The topological polar surface area (TPSA) is 47.3 Å². The van der Waals surface area contributed by atoms with Gasteiger partial charge in [-0.2, -0.15) is 0 Å². The van der Waals surface area contributed by atoms with Crippen molar-refractivity contribution in [2.45, 2.75) is 38.9 Å². The number of hydrogen-bond donors (Lipinski definition) is 1. The van der Waals surface area contributed by atoms with E-state index in [2.05, 4.69) is 4.98 Å². The van der Waals surface area contributed by atoms with Crippen LogP contribution < -0.4 is 4.74 Å². The highest BCUT2D eigenvalue weighted by atomic mass is 16.5. The van der Waals surface area contributed by atoms with E-state index in [9.17, 15) is 5.11 Å². The maximum absolute atomic E-state index is 10.3. The van der Waals surface area contributed by atoms with Gasteiger partial charge in [-0.3, -0.25) is 0 Å². The first-order chi connectivity index (χ1) is 9.56. The summed E-state index contributed by atoms with van der Waals surface area (Å²) in [4.78, 5) is 4.27. The molecule has 1 aromatic carbocycles. The van der Waals surface area contributed by atoms with Crippen molar-refractivity contribution in [3.63, 3.8) is 0 Å². The first kappa shape index (κ1) is 14.6. The Morgan fingerprint density at radius 2 is 2.15 bits per heavy atom. The van der Waals surface area contributed by atoms with Crippen molar-refractivity contribution in [2.75, 3.05) is 0 Å². The van der Waals surface area contributed by atoms with Gasteiger partial charge in [-0.25, -0.2) is 4.98 Å². The van der Waals surface area contributed by atoms with E-state index in [0.717, 1.165) is 23.6 Å². The smallest absolute Gasteiger partial charge is 0.120 e. The molecule has 1 aromatic heterocycles. The zero-order valence-corrected chi connectivity index (χ0v) is 12.3. The van der Waals surface area contributed by atoms with Gasteiger partial charge in [0.2, 0.25) is 0 Å². The quantitative estimate of drug-likeness (QED) is 0.881. The first-order valence-electron chi connectivity index (χ1n) is 6.97. The lowest BCUT2D eigenvalue weighted by Crippen LogP contribution is -2.07. The van der Waals surface area contributed by atoms with Crippen LogP contribution in [0.15, 0.2) is 36.7 Å². The van der Waals surface area contributed by atoms with Crippen LogP contribution in [0.5, 0.6) is 5.75 Å². The summed E-state index contributed by atoms with van der Waals surface area (Å²) in [5.41, 5.74) is 0.886. The molecule has 1 atom stereocenters. The van der Waals surface area contributed by atoms with Crippen LogP contribution in [0.25, 0.3) is 0 Å². The van der Waals surface area contributed by atoms with E-state index >= 15 is 0 Å². The molecule has 0 radical (unpaired) electrons. The molecule has 4 nitrogen and oxygen atoms in total. The van der Waals surface area contributed by atoms with Gasteiger partial charge in [0.05, 0.1) is 12.2 Å². The van der Waals surface area contributed by atoms with Gasteiger partial charge in [0, 0.05) is 25.9 Å². The second-order valence-electron chi connectivity index (χ2n) is 5.25. The maximum atomic E-state index is 10.3. The molecule has 0 aliphatic carbocycles. The number of rotatable bonds is 6. The summed E-state index contributed by atoms with van der Waals surface area (Å²) >= 11 is 0. The second-order valence-corrected chi connectivity index (χ2v) is 5.25. The van der Waals surface area contributed by atoms with Crippen LogP contribution in [-0.4, -0.2) is 20.8 Å². The number of aliphatic hydroxyl groups is 1. The van der Waals surface area contributed by atoms with Crippen LogP contribution in [0.1, 0.15) is 37.8 Å². The largest absolute Gasteiger partial charge is 0.491 e. The van der Waals surface area contributed by atoms with Gasteiger partial charge in [0.15, 0.2) is 0 Å². The van der Waals surface area contributed by atoms with Gasteiger partial charge in [0.25, 0.3) is 0 Å². The molecule has 1 N–H and O–H groups in total. The van der Waals surface area contributed by atoms with Crippen molar-refractivity contribution in [2.24, 2.45) is 7.05 Å². The van der Waals surface area contributed by atoms with Crippen LogP contribution in [0, 0.1) is 0 Å². The zero-order valence-electron chi connectivity index (χ0n) is 12.3. The Balaban J connectivity index is 1.98. The number of ether oxygens (including phenoxy) is 1. The van der Waals surface area contributed by atoms with Gasteiger partial charge in [-0.05, 0) is 38.0 Å². The molecule has 0 spiro atoms. The van der Waals surface area contributed by atoms with Crippen molar-refractivity contribution in [3.8, 4) is 5.75 Å². The molecule has 2 rings (SSSR count). The number of nitrogens with zero attached hydrogens (tertiary/aromatic N) is 2. The molecular formula is C16H22N2O2. The third-order valence-corrected chi connectivity index (χ3v) is 3.18. The second kappa shape index (κ2) is 6.57. The molecule has 1 heterocycles. The molecular weight excluding hydrogens is 252 g/mol. The fourth-order valence-corrected chi connectivity index (χ4v) is 2.14. The summed E-state index contributed by atoms with van der Waals surface area (Å²) < 4.78 is 7.62. The van der Waals surface area contributed by atoms with E-state index in [4.69, 9.17) is 4.74 Å². The Labute approximate surface area is 120 Å². The standard InChI is InChI=1S/C16H22N2O2/c1-12(2)20-14-6-4-5-13(11-14)15(19)7-8-16-17-9-10-18(16)3/h4-6,9-12,15,19H,7-8H2,1-3H3. The molecule has 20 heavy (non-hydrogen) atoms. The SMILES string of the molecule is CC(C)Oc1cccc(C(O)CCc2nccn2C)c1. The molecule has 0 amide bonds. The van der Waals surface area contributed by atoms with E-state index in [0.29, 0.717) is 6.42 Å². The first-order valence-corrected chi connectivity index (χ1v) is 6.97. The predicted octanol–water partition coefficient (Wildman–Crippen LogP) is 2.87. The lowest BCUT2D eigenvalue weighted by atomic mass is 10.0. The van der Waals surface area contributed by atoms with Crippen LogP contribution in [-0.2, 0) is 13.5 Å². The number of imidazole rings is 1. The number of benzene rings is 1. The molecule has 0 bridgehead atoms. The normalized spacial score (nSPS) is 12.7. The predicted molar refractivity (Wildman–Crippen MR) is 78.7 cm³/mol. The minimum absolute atomic E-state index is 0.134. The Kier molecular flexibility index (Phi) is 4.79. The number of aliphatic hydroxyl groups excluding tert-OH is 1. The fraction of sp³-hybridized carbons (Fsp3) is 0.438. The number of aromatic nitrogens is 2. The molecule has 2 aromatic rings. The highest BCUT2D eigenvalue weighted by Gasteiger charge is 2.10. The number of hydrogen-bond acceptors (Lipinski definition) is 3. The summed E-state index contributed by atoms with van der Waals surface area (Å²) in [6.07, 6.45) is 4.73. The van der Waals surface area contributed by atoms with E-state index in [-0.39, 0.29) is 6.10 Å². The van der Waals surface area contributed by atoms with Gasteiger partial charge in [-0.15, -0.1) is 0 Å². The molecule has 1 unspecified atom stereocenters. The van der Waals surface area contributed by atoms with Crippen LogP contribution in [0.3, 0.4) is 0 Å². The minimum Gasteiger partial charge on any atom is -0.491 e. The average Bonchev–Trinajstić information content (AvgIpc) is 2.81. The van der Waals surface area contributed by atoms with Crippen molar-refractivity contribution in [1.29, 1.82) is 0 Å². The molecule has 4 heteroatoms. The summed E-state index contributed by atoms with van der Waals surface area (Å²) in [5.74, 6) is 1.78. The monoisotopic (exact) mass is 274 g/mol. The van der Waals surface area contributed by atoms with Crippen LogP contribution >= 0.6 is 0 Å². The van der Waals surface area contributed by atoms with E-state index < -0.39 is 6.10 Å². The maximum Gasteiger partial charge on any atom is 0.120 e. The molecule has 0 aliphatic rings. The zero-order chi connectivity index (χ0) is 14.5. The third-order valence-electron chi connectivity index (χ3n) is 3.18. The Morgan fingerprint density at radius 1 is 1.35 bits per heavy atom. The van der Waals surface area contributed by atoms with Gasteiger partial charge >= 0.3 is 0 Å². The molecule has 0 saturated carbocycles. The van der Waals surface area contributed by atoms with E-state index in [1.165, 1.54) is 0 Å². The molecule has 0 aliphatic heterocycles. The molecule has 0 saturated heterocycles. The van der Waals surface area contributed by atoms with E-state index in [1.54, 1.807) is 6.20 Å². The summed E-state index contributed by atoms with van der Waals surface area (Å²) in [7, 11) is 1.96. The Morgan fingerprint density at radius 3 is 2.80 bits per heavy atom. The summed E-state index contributed by atoms with van der Waals surface area (Å²) in [5, 5.41) is 10.3. The highest BCUT2D eigenvalue weighted by Crippen LogP contribution is 2.23. The van der Waals surface area contributed by atoms with Gasteiger partial charge < -0.3 is 14.4 Å². The Bertz CT molecular complexity index is 549. The van der Waals surface area contributed by atoms with Crippen LogP contribution in [0.2, 0.25) is 0 Å². The van der Waals surface area contributed by atoms with Crippen molar-refractivity contribution in [3.05, 3.63) is 48.0 Å². The summed E-state index contributed by atoms with van der Waals surface area (Å²) in [6.45, 7) is 3.98. The Hall–Kier alpha value is -1.81. The van der Waals surface area contributed by atoms with Crippen LogP contribution in [0.4, 0.5) is 0 Å². The molecule has 0 fully saturated rings. The fourth-order valence-electron chi connectivity index (χ4n) is 2.14. The lowest BCUT2D eigenvalue weighted by molar-refractivity contribution is 0.165. The highest BCUT2D eigenvalue weighted by molar-refractivity contribution is 5.30. The van der Waals surface area contributed by atoms with Crippen molar-refractivity contribution in [1.82, 2.24) is 9.55 Å². The third kappa shape index (κ3) is 3.84. The minimum atomic E-state index is -0.498. The van der Waals surface area contributed by atoms with Gasteiger partial charge in [0.1, 0.15) is 11.6 Å². The number of aryl methyl sites for hydroxylation is 2.